The second-order valence-electron chi connectivity index (χ2n) is 5.36. The minimum Gasteiger partial charge on any atom is -0.373 e. The summed E-state index contributed by atoms with van der Waals surface area (Å²) in [5.74, 6) is 1.44. The molecule has 1 aliphatic rings. The molecule has 0 spiro atoms. The van der Waals surface area contributed by atoms with Gasteiger partial charge in [0.05, 0.1) is 37.3 Å². The molecule has 0 aromatic carbocycles. The van der Waals surface area contributed by atoms with Crippen LogP contribution in [0.15, 0.2) is 18.3 Å². The molecule has 3 rings (SSSR count). The molecule has 0 radical (unpaired) electrons. The normalized spacial score (nSPS) is 14.6. The third kappa shape index (κ3) is 3.77. The maximum absolute atomic E-state index is 11.2. The molecule has 3 heterocycles. The van der Waals surface area contributed by atoms with Gasteiger partial charge in [-0.05, 0) is 12.1 Å². The minimum atomic E-state index is -3.22. The van der Waals surface area contributed by atoms with Gasteiger partial charge in [-0.3, -0.25) is 4.68 Å². The summed E-state index contributed by atoms with van der Waals surface area (Å²) >= 11 is 0. The molecule has 10 heteroatoms. The molecule has 1 aliphatic heterocycles. The highest BCUT2D eigenvalue weighted by molar-refractivity contribution is 7.88. The second kappa shape index (κ2) is 6.13. The highest BCUT2D eigenvalue weighted by atomic mass is 32.2. The summed E-state index contributed by atoms with van der Waals surface area (Å²) in [4.78, 5) is 10.8. The van der Waals surface area contributed by atoms with E-state index in [0.29, 0.717) is 24.7 Å². The van der Waals surface area contributed by atoms with Gasteiger partial charge < -0.3 is 10.2 Å². The number of hydrogen-bond acceptors (Lipinski definition) is 7. The zero-order valence-corrected chi connectivity index (χ0v) is 13.8. The zero-order chi connectivity index (χ0) is 16.4. The fraction of sp³-hybridized carbons (Fsp3) is 0.462. The molecule has 0 saturated carbocycles. The van der Waals surface area contributed by atoms with Crippen molar-refractivity contribution in [2.45, 2.75) is 19.6 Å². The first kappa shape index (κ1) is 15.7. The van der Waals surface area contributed by atoms with Crippen molar-refractivity contribution in [3.8, 4) is 0 Å². The number of rotatable bonds is 5. The molecule has 2 aromatic rings. The molecule has 0 saturated heterocycles. The molecular weight excluding hydrogens is 318 g/mol. The number of aromatic nitrogens is 4. The van der Waals surface area contributed by atoms with Gasteiger partial charge >= 0.3 is 0 Å². The third-order valence-corrected chi connectivity index (χ3v) is 4.21. The molecule has 2 aromatic heterocycles. The van der Waals surface area contributed by atoms with Crippen LogP contribution in [0.1, 0.15) is 11.4 Å². The second-order valence-corrected chi connectivity index (χ2v) is 7.19. The van der Waals surface area contributed by atoms with Gasteiger partial charge in [0, 0.05) is 19.8 Å². The molecular formula is C13H19N7O2S. The Bertz CT molecular complexity index is 802. The lowest BCUT2D eigenvalue weighted by molar-refractivity contribution is 0.509. The number of fused-ring (bicyclic) bond motifs is 1. The fourth-order valence-corrected chi connectivity index (χ4v) is 2.84. The summed E-state index contributed by atoms with van der Waals surface area (Å²) in [5, 5.41) is 7.43. The fourth-order valence-electron chi connectivity index (χ4n) is 2.43. The predicted octanol–water partition coefficient (Wildman–Crippen LogP) is -0.216. The number of nitrogens with zero attached hydrogens (tertiary/aromatic N) is 5. The first-order valence-electron chi connectivity index (χ1n) is 7.20. The van der Waals surface area contributed by atoms with Crippen molar-refractivity contribution in [1.82, 2.24) is 24.5 Å². The summed E-state index contributed by atoms with van der Waals surface area (Å²) in [6.45, 7) is 2.30. The van der Waals surface area contributed by atoms with E-state index < -0.39 is 10.0 Å². The Morgan fingerprint density at radius 2 is 2.17 bits per heavy atom. The van der Waals surface area contributed by atoms with Crippen LogP contribution in [0, 0.1) is 0 Å². The number of sulfonamides is 1. The first-order chi connectivity index (χ1) is 10.9. The summed E-state index contributed by atoms with van der Waals surface area (Å²) < 4.78 is 26.7. The summed E-state index contributed by atoms with van der Waals surface area (Å²) in [5.41, 5.74) is 1.72. The lowest BCUT2D eigenvalue weighted by Gasteiger charge is -2.27. The van der Waals surface area contributed by atoms with Crippen LogP contribution in [-0.4, -0.2) is 48.0 Å². The molecule has 0 amide bonds. The van der Waals surface area contributed by atoms with Crippen LogP contribution in [0.3, 0.4) is 0 Å². The van der Waals surface area contributed by atoms with E-state index in [9.17, 15) is 8.42 Å². The Labute approximate surface area is 134 Å². The standard InChI is InChI=1S/C13H19N7O2S/c1-14-12-3-4-15-13(17-12)19-5-6-20-11(9-19)7-10(18-20)8-16-23(2,21)22/h3-4,7,16H,5-6,8-9H2,1-2H3,(H,14,15,17). The summed E-state index contributed by atoms with van der Waals surface area (Å²) in [6.07, 6.45) is 2.86. The van der Waals surface area contributed by atoms with E-state index in [1.54, 1.807) is 6.20 Å². The van der Waals surface area contributed by atoms with Crippen molar-refractivity contribution < 1.29 is 8.42 Å². The SMILES string of the molecule is CNc1ccnc(N2CCn3nc(CNS(C)(=O)=O)cc3C2)n1. The van der Waals surface area contributed by atoms with Crippen molar-refractivity contribution in [1.29, 1.82) is 0 Å². The molecule has 2 N–H and O–H groups in total. The van der Waals surface area contributed by atoms with Crippen LogP contribution in [0.2, 0.25) is 0 Å². The van der Waals surface area contributed by atoms with Crippen LogP contribution in [0.5, 0.6) is 0 Å². The Kier molecular flexibility index (Phi) is 4.18. The van der Waals surface area contributed by atoms with Crippen molar-refractivity contribution >= 4 is 21.8 Å². The van der Waals surface area contributed by atoms with Crippen molar-refractivity contribution in [3.63, 3.8) is 0 Å². The van der Waals surface area contributed by atoms with Crippen molar-refractivity contribution in [3.05, 3.63) is 29.7 Å². The summed E-state index contributed by atoms with van der Waals surface area (Å²) in [6, 6.07) is 3.72. The van der Waals surface area contributed by atoms with Crippen LogP contribution < -0.4 is 14.9 Å². The van der Waals surface area contributed by atoms with Crippen LogP contribution in [0.25, 0.3) is 0 Å². The van der Waals surface area contributed by atoms with Gasteiger partial charge in [-0.2, -0.15) is 10.1 Å². The van der Waals surface area contributed by atoms with Crippen LogP contribution in [0.4, 0.5) is 11.8 Å². The highest BCUT2D eigenvalue weighted by Gasteiger charge is 2.20. The van der Waals surface area contributed by atoms with E-state index in [1.807, 2.05) is 23.9 Å². The highest BCUT2D eigenvalue weighted by Crippen LogP contribution is 2.19. The molecule has 9 nitrogen and oxygen atoms in total. The van der Waals surface area contributed by atoms with E-state index >= 15 is 0 Å². The largest absolute Gasteiger partial charge is 0.373 e. The molecule has 0 unspecified atom stereocenters. The number of anilines is 2. The third-order valence-electron chi connectivity index (χ3n) is 3.55. The smallest absolute Gasteiger partial charge is 0.227 e. The van der Waals surface area contributed by atoms with E-state index in [1.165, 1.54) is 0 Å². The molecule has 124 valence electrons. The monoisotopic (exact) mass is 337 g/mol. The molecule has 0 aliphatic carbocycles. The molecule has 0 atom stereocenters. The zero-order valence-electron chi connectivity index (χ0n) is 13.0. The topological polar surface area (TPSA) is 105 Å². The maximum atomic E-state index is 11.2. The lowest BCUT2D eigenvalue weighted by Crippen LogP contribution is -2.35. The predicted molar refractivity (Wildman–Crippen MR) is 86.5 cm³/mol. The maximum Gasteiger partial charge on any atom is 0.227 e. The van der Waals surface area contributed by atoms with Gasteiger partial charge in [-0.15, -0.1) is 0 Å². The van der Waals surface area contributed by atoms with Gasteiger partial charge in [0.2, 0.25) is 16.0 Å². The van der Waals surface area contributed by atoms with Crippen LogP contribution >= 0.6 is 0 Å². The van der Waals surface area contributed by atoms with E-state index in [4.69, 9.17) is 0 Å². The minimum absolute atomic E-state index is 0.199. The van der Waals surface area contributed by atoms with Crippen molar-refractivity contribution in [2.24, 2.45) is 0 Å². The van der Waals surface area contributed by atoms with Crippen LogP contribution in [-0.2, 0) is 29.7 Å². The summed E-state index contributed by atoms with van der Waals surface area (Å²) in [7, 11) is -1.40. The average Bonchev–Trinajstić information content (AvgIpc) is 2.94. The van der Waals surface area contributed by atoms with Gasteiger partial charge in [0.1, 0.15) is 5.82 Å². The van der Waals surface area contributed by atoms with Gasteiger partial charge in [-0.25, -0.2) is 18.1 Å². The molecule has 0 bridgehead atoms. The Hall–Kier alpha value is -2.20. The quantitative estimate of drug-likeness (QED) is 0.777. The molecule has 23 heavy (non-hydrogen) atoms. The number of hydrogen-bond donors (Lipinski definition) is 2. The average molecular weight is 337 g/mol. The van der Waals surface area contributed by atoms with Gasteiger partial charge in [0.15, 0.2) is 0 Å². The van der Waals surface area contributed by atoms with Gasteiger partial charge in [0.25, 0.3) is 0 Å². The molecule has 0 fully saturated rings. The van der Waals surface area contributed by atoms with E-state index in [2.05, 4.69) is 30.0 Å². The Morgan fingerprint density at radius 1 is 1.35 bits per heavy atom. The Balaban J connectivity index is 1.74. The Morgan fingerprint density at radius 3 is 2.91 bits per heavy atom. The first-order valence-corrected chi connectivity index (χ1v) is 9.10. The lowest BCUT2D eigenvalue weighted by atomic mass is 10.3. The van der Waals surface area contributed by atoms with E-state index in [-0.39, 0.29) is 6.54 Å². The van der Waals surface area contributed by atoms with E-state index in [0.717, 1.165) is 24.3 Å². The number of nitrogens with one attached hydrogen (secondary N) is 2. The van der Waals surface area contributed by atoms with Crippen molar-refractivity contribution in [2.75, 3.05) is 30.1 Å². The van der Waals surface area contributed by atoms with Gasteiger partial charge in [-0.1, -0.05) is 0 Å².